The largest absolute Gasteiger partial charge is 0.493 e. The number of benzene rings is 3. The molecule has 0 aromatic heterocycles. The Morgan fingerprint density at radius 2 is 1.82 bits per heavy atom. The van der Waals surface area contributed by atoms with Gasteiger partial charge in [0, 0.05) is 5.02 Å². The number of carbonyl (C=O) groups excluding carboxylic acids is 2. The Labute approximate surface area is 215 Å². The van der Waals surface area contributed by atoms with Crippen LogP contribution in [0.3, 0.4) is 0 Å². The number of carbonyl (C=O) groups is 2. The van der Waals surface area contributed by atoms with Crippen LogP contribution in [0.25, 0.3) is 6.08 Å². The van der Waals surface area contributed by atoms with Gasteiger partial charge in [0.1, 0.15) is 6.61 Å². The van der Waals surface area contributed by atoms with Gasteiger partial charge in [-0.15, -0.1) is 0 Å². The van der Waals surface area contributed by atoms with Crippen molar-refractivity contribution in [2.75, 3.05) is 7.11 Å². The Hall–Kier alpha value is -2.74. The van der Waals surface area contributed by atoms with Gasteiger partial charge in [-0.1, -0.05) is 53.6 Å². The van der Waals surface area contributed by atoms with Crippen LogP contribution in [0.15, 0.2) is 70.0 Å². The van der Waals surface area contributed by atoms with Crippen LogP contribution >= 0.6 is 39.3 Å². The number of nitrogens with zero attached hydrogens (tertiary/aromatic N) is 1. The molecule has 5 nitrogen and oxygen atoms in total. The molecule has 1 saturated heterocycles. The van der Waals surface area contributed by atoms with E-state index in [0.29, 0.717) is 38.1 Å². The van der Waals surface area contributed by atoms with Crippen molar-refractivity contribution in [1.29, 1.82) is 0 Å². The minimum Gasteiger partial charge on any atom is -0.493 e. The van der Waals surface area contributed by atoms with Gasteiger partial charge in [0.05, 0.1) is 23.0 Å². The first-order valence-electron chi connectivity index (χ1n) is 10.4. The van der Waals surface area contributed by atoms with Gasteiger partial charge in [-0.05, 0) is 81.6 Å². The van der Waals surface area contributed by atoms with Crippen LogP contribution in [0.2, 0.25) is 5.02 Å². The first-order valence-corrected chi connectivity index (χ1v) is 12.4. The highest BCUT2D eigenvalue weighted by atomic mass is 79.9. The maximum Gasteiger partial charge on any atom is 0.293 e. The molecule has 1 fully saturated rings. The summed E-state index contributed by atoms with van der Waals surface area (Å²) in [6.07, 6.45) is 1.68. The highest BCUT2D eigenvalue weighted by molar-refractivity contribution is 9.10. The molecule has 1 heterocycles. The summed E-state index contributed by atoms with van der Waals surface area (Å²) in [5.74, 6) is 0.755. The van der Waals surface area contributed by atoms with Crippen LogP contribution in [-0.4, -0.2) is 23.2 Å². The molecule has 0 radical (unpaired) electrons. The Kier molecular flexibility index (Phi) is 7.66. The number of imide groups is 1. The van der Waals surface area contributed by atoms with E-state index in [9.17, 15) is 9.59 Å². The number of aryl methyl sites for hydroxylation is 1. The van der Waals surface area contributed by atoms with E-state index in [4.69, 9.17) is 21.1 Å². The molecular formula is C26H21BrClNO4S. The van der Waals surface area contributed by atoms with E-state index in [-0.39, 0.29) is 17.7 Å². The summed E-state index contributed by atoms with van der Waals surface area (Å²) < 4.78 is 12.2. The molecule has 0 saturated carbocycles. The highest BCUT2D eigenvalue weighted by Gasteiger charge is 2.35. The van der Waals surface area contributed by atoms with Crippen molar-refractivity contribution < 1.29 is 19.1 Å². The number of halogens is 2. The lowest BCUT2D eigenvalue weighted by atomic mass is 10.1. The standard InChI is InChI=1S/C26H21BrClNO4S/c1-16-4-3-5-18(10-16)15-33-24-21(27)11-19(12-22(24)32-2)13-23-25(30)29(26(31)34-23)14-17-6-8-20(28)9-7-17/h3-13H,14-15H2,1-2H3/b23-13-. The predicted molar refractivity (Wildman–Crippen MR) is 139 cm³/mol. The van der Waals surface area contributed by atoms with Crippen LogP contribution in [-0.2, 0) is 17.9 Å². The Morgan fingerprint density at radius 3 is 2.53 bits per heavy atom. The van der Waals surface area contributed by atoms with E-state index in [1.807, 2.05) is 31.2 Å². The van der Waals surface area contributed by atoms with Crippen molar-refractivity contribution in [3.8, 4) is 11.5 Å². The molecule has 3 aromatic carbocycles. The van der Waals surface area contributed by atoms with Crippen molar-refractivity contribution >= 4 is 56.5 Å². The van der Waals surface area contributed by atoms with Gasteiger partial charge in [0.2, 0.25) is 0 Å². The number of ether oxygens (including phenoxy) is 2. The molecule has 34 heavy (non-hydrogen) atoms. The molecule has 3 aromatic rings. The zero-order chi connectivity index (χ0) is 24.2. The lowest BCUT2D eigenvalue weighted by molar-refractivity contribution is -0.123. The predicted octanol–water partition coefficient (Wildman–Crippen LogP) is 7.24. The summed E-state index contributed by atoms with van der Waals surface area (Å²) in [5.41, 5.74) is 3.75. The molecule has 8 heteroatoms. The molecule has 0 atom stereocenters. The number of methoxy groups -OCH3 is 1. The topological polar surface area (TPSA) is 55.8 Å². The molecule has 174 valence electrons. The lowest BCUT2D eigenvalue weighted by Crippen LogP contribution is -2.27. The summed E-state index contributed by atoms with van der Waals surface area (Å²) >= 11 is 10.4. The first-order chi connectivity index (χ1) is 16.3. The third-order valence-electron chi connectivity index (χ3n) is 5.14. The Balaban J connectivity index is 1.53. The van der Waals surface area contributed by atoms with Crippen LogP contribution < -0.4 is 9.47 Å². The monoisotopic (exact) mass is 557 g/mol. The zero-order valence-electron chi connectivity index (χ0n) is 18.5. The average Bonchev–Trinajstić information content (AvgIpc) is 3.06. The molecule has 0 N–H and O–H groups in total. The van der Waals surface area contributed by atoms with Crippen molar-refractivity contribution in [1.82, 2.24) is 4.90 Å². The maximum absolute atomic E-state index is 12.9. The van der Waals surface area contributed by atoms with E-state index in [2.05, 4.69) is 22.0 Å². The number of amides is 2. The molecule has 0 aliphatic carbocycles. The second kappa shape index (κ2) is 10.7. The highest BCUT2D eigenvalue weighted by Crippen LogP contribution is 2.39. The SMILES string of the molecule is COc1cc(/C=C2\SC(=O)N(Cc3ccc(Cl)cc3)C2=O)cc(Br)c1OCc1cccc(C)c1. The van der Waals surface area contributed by atoms with Gasteiger partial charge >= 0.3 is 0 Å². The number of hydrogen-bond donors (Lipinski definition) is 0. The van der Waals surface area contributed by atoms with Crippen LogP contribution in [0, 0.1) is 6.92 Å². The molecule has 0 unspecified atom stereocenters. The van der Waals surface area contributed by atoms with Gasteiger partial charge in [-0.2, -0.15) is 0 Å². The third kappa shape index (κ3) is 5.66. The first kappa shape index (κ1) is 24.4. The summed E-state index contributed by atoms with van der Waals surface area (Å²) in [6, 6.07) is 18.8. The fourth-order valence-electron chi connectivity index (χ4n) is 3.48. The Bertz CT molecular complexity index is 1280. The second-order valence-corrected chi connectivity index (χ2v) is 9.99. The molecule has 0 bridgehead atoms. The van der Waals surface area contributed by atoms with Crippen molar-refractivity contribution in [2.45, 2.75) is 20.1 Å². The van der Waals surface area contributed by atoms with Crippen LogP contribution in [0.5, 0.6) is 11.5 Å². The van der Waals surface area contributed by atoms with E-state index in [1.54, 1.807) is 43.5 Å². The minimum absolute atomic E-state index is 0.192. The molecule has 4 rings (SSSR count). The number of hydrogen-bond acceptors (Lipinski definition) is 5. The molecule has 1 aliphatic rings. The maximum atomic E-state index is 12.9. The minimum atomic E-state index is -0.334. The molecule has 1 aliphatic heterocycles. The Morgan fingerprint density at radius 1 is 1.06 bits per heavy atom. The van der Waals surface area contributed by atoms with E-state index in [0.717, 1.165) is 28.5 Å². The van der Waals surface area contributed by atoms with Crippen LogP contribution in [0.1, 0.15) is 22.3 Å². The van der Waals surface area contributed by atoms with Gasteiger partial charge in [0.15, 0.2) is 11.5 Å². The van der Waals surface area contributed by atoms with Gasteiger partial charge in [0.25, 0.3) is 11.1 Å². The van der Waals surface area contributed by atoms with Gasteiger partial charge < -0.3 is 9.47 Å². The zero-order valence-corrected chi connectivity index (χ0v) is 21.7. The lowest BCUT2D eigenvalue weighted by Gasteiger charge is -2.14. The van der Waals surface area contributed by atoms with Gasteiger partial charge in [-0.3, -0.25) is 14.5 Å². The molecular weight excluding hydrogens is 538 g/mol. The molecule has 0 spiro atoms. The fraction of sp³-hybridized carbons (Fsp3) is 0.154. The van der Waals surface area contributed by atoms with E-state index >= 15 is 0 Å². The second-order valence-electron chi connectivity index (χ2n) is 7.71. The van der Waals surface area contributed by atoms with E-state index in [1.165, 1.54) is 4.90 Å². The summed E-state index contributed by atoms with van der Waals surface area (Å²) in [5, 5.41) is 0.291. The van der Waals surface area contributed by atoms with E-state index < -0.39 is 0 Å². The quantitative estimate of drug-likeness (QED) is 0.286. The number of rotatable bonds is 7. The van der Waals surface area contributed by atoms with Crippen molar-refractivity contribution in [3.05, 3.63) is 97.3 Å². The average molecular weight is 559 g/mol. The summed E-state index contributed by atoms with van der Waals surface area (Å²) in [4.78, 5) is 27.0. The fourth-order valence-corrected chi connectivity index (χ4v) is 5.02. The van der Waals surface area contributed by atoms with Crippen LogP contribution in [0.4, 0.5) is 4.79 Å². The smallest absolute Gasteiger partial charge is 0.293 e. The molecule has 2 amide bonds. The number of thioether (sulfide) groups is 1. The van der Waals surface area contributed by atoms with Gasteiger partial charge in [-0.25, -0.2) is 0 Å². The summed E-state index contributed by atoms with van der Waals surface area (Å²) in [6.45, 7) is 2.61. The third-order valence-corrected chi connectivity index (χ3v) is 6.89. The van der Waals surface area contributed by atoms with Crippen molar-refractivity contribution in [2.24, 2.45) is 0 Å². The summed E-state index contributed by atoms with van der Waals surface area (Å²) in [7, 11) is 1.56. The normalized spacial score (nSPS) is 14.7. The van der Waals surface area contributed by atoms with Crippen molar-refractivity contribution in [3.63, 3.8) is 0 Å².